The molecule has 0 spiro atoms. The average Bonchev–Trinajstić information content (AvgIpc) is 3.74. The molecule has 47 heavy (non-hydrogen) atoms. The number of amides is 5. The molecule has 0 fully saturated rings. The molecule has 0 aliphatic rings. The number of anilines is 2. The van der Waals surface area contributed by atoms with Gasteiger partial charge in [0.15, 0.2) is 11.6 Å². The Balaban J connectivity index is 1.34. The molecule has 6 N–H and O–H groups in total. The summed E-state index contributed by atoms with van der Waals surface area (Å²) in [6.45, 7) is 4.02. The quantitative estimate of drug-likeness (QED) is 0.0992. The first-order chi connectivity index (χ1) is 22.4. The van der Waals surface area contributed by atoms with E-state index in [-0.39, 0.29) is 48.9 Å². The number of hydrogen-bond donors (Lipinski definition) is 6. The molecule has 1 unspecified atom stereocenters. The van der Waals surface area contributed by atoms with Gasteiger partial charge in [-0.1, -0.05) is 6.92 Å². The molecule has 0 saturated carbocycles. The predicted molar refractivity (Wildman–Crippen MR) is 174 cm³/mol. The molecule has 0 radical (unpaired) electrons. The third kappa shape index (κ3) is 11.1. The number of aliphatic hydroxyl groups excluding tert-OH is 1. The Bertz CT molecular complexity index is 1540. The van der Waals surface area contributed by atoms with E-state index in [0.717, 1.165) is 19.5 Å². The van der Waals surface area contributed by atoms with Crippen molar-refractivity contribution in [1.82, 2.24) is 44.5 Å². The largest absolute Gasteiger partial charge is 0.396 e. The third-order valence-electron chi connectivity index (χ3n) is 7.24. The summed E-state index contributed by atoms with van der Waals surface area (Å²) in [6, 6.07) is 1.53. The highest BCUT2D eigenvalue weighted by molar-refractivity contribution is 6.03. The Morgan fingerprint density at radius 2 is 1.53 bits per heavy atom. The van der Waals surface area contributed by atoms with Gasteiger partial charge in [0, 0.05) is 72.0 Å². The maximum absolute atomic E-state index is 12.7. The van der Waals surface area contributed by atoms with Crippen LogP contribution in [0.2, 0.25) is 0 Å². The molecule has 5 amide bonds. The maximum Gasteiger partial charge on any atom is 0.291 e. The summed E-state index contributed by atoms with van der Waals surface area (Å²) in [5.41, 5.74) is 0.720. The molecule has 17 nitrogen and oxygen atoms in total. The number of nitrogens with one attached hydrogen (secondary N) is 5. The van der Waals surface area contributed by atoms with Crippen LogP contribution in [0.5, 0.6) is 0 Å². The monoisotopic (exact) mass is 655 g/mol. The third-order valence-corrected chi connectivity index (χ3v) is 7.24. The molecular weight excluding hydrogens is 610 g/mol. The van der Waals surface area contributed by atoms with Crippen LogP contribution < -0.4 is 26.6 Å². The van der Waals surface area contributed by atoms with Gasteiger partial charge in [0.1, 0.15) is 5.69 Å². The van der Waals surface area contributed by atoms with Gasteiger partial charge in [0.2, 0.25) is 17.6 Å². The molecule has 3 heterocycles. The van der Waals surface area contributed by atoms with Gasteiger partial charge in [0.25, 0.3) is 17.7 Å². The lowest BCUT2D eigenvalue weighted by molar-refractivity contribution is -0.125. The number of nitrogens with zero attached hydrogens (tertiary/aromatic N) is 6. The van der Waals surface area contributed by atoms with Crippen LogP contribution in [0.25, 0.3) is 0 Å². The van der Waals surface area contributed by atoms with Gasteiger partial charge in [-0.15, -0.1) is 0 Å². The standard InChI is InChI=1S/C30H45N11O6/c1-20(19-42)27(44)32-9-6-13-38(2)14-7-10-33-29(46)26-37-23(18-41(26)5)36-24(43)8-11-34-28(45)22-16-21(17-40(22)4)35-30(47)25-31-12-15-39(25)3/h12,15-18,20,42H,6-11,13-14,19H2,1-5H3,(H,32,44)(H,33,46)(H,34,45)(H,35,47)(H,36,43). The number of aryl methyl sites for hydroxylation is 3. The second-order valence-electron chi connectivity index (χ2n) is 11.3. The molecule has 0 bridgehead atoms. The molecular formula is C30H45N11O6. The lowest BCUT2D eigenvalue weighted by Crippen LogP contribution is -2.34. The highest BCUT2D eigenvalue weighted by Gasteiger charge is 2.18. The minimum atomic E-state index is -0.418. The smallest absolute Gasteiger partial charge is 0.291 e. The summed E-state index contributed by atoms with van der Waals surface area (Å²) in [7, 11) is 6.98. The zero-order valence-electron chi connectivity index (χ0n) is 27.5. The fourth-order valence-corrected chi connectivity index (χ4v) is 4.51. The topological polar surface area (TPSA) is 210 Å². The molecule has 1 atom stereocenters. The number of carbonyl (C=O) groups excluding carboxylic acids is 5. The van der Waals surface area contributed by atoms with E-state index >= 15 is 0 Å². The number of aromatic nitrogens is 5. The highest BCUT2D eigenvalue weighted by Crippen LogP contribution is 2.14. The molecule has 0 aliphatic heterocycles. The van der Waals surface area contributed by atoms with Crippen molar-refractivity contribution in [3.63, 3.8) is 0 Å². The maximum atomic E-state index is 12.7. The summed E-state index contributed by atoms with van der Waals surface area (Å²) in [5, 5.41) is 22.7. The van der Waals surface area contributed by atoms with E-state index in [9.17, 15) is 24.0 Å². The van der Waals surface area contributed by atoms with Crippen molar-refractivity contribution >= 4 is 41.0 Å². The fourth-order valence-electron chi connectivity index (χ4n) is 4.51. The Morgan fingerprint density at radius 3 is 2.19 bits per heavy atom. The lowest BCUT2D eigenvalue weighted by atomic mass is 10.2. The zero-order valence-corrected chi connectivity index (χ0v) is 27.5. The second kappa shape index (κ2) is 17.6. The first kappa shape index (κ1) is 36.4. The van der Waals surface area contributed by atoms with Gasteiger partial charge in [-0.25, -0.2) is 9.97 Å². The molecule has 3 aromatic rings. The van der Waals surface area contributed by atoms with E-state index in [0.29, 0.717) is 30.9 Å². The summed E-state index contributed by atoms with van der Waals surface area (Å²) >= 11 is 0. The number of imidazole rings is 2. The molecule has 17 heteroatoms. The van der Waals surface area contributed by atoms with E-state index in [4.69, 9.17) is 5.11 Å². The van der Waals surface area contributed by atoms with Gasteiger partial charge < -0.3 is 50.3 Å². The Morgan fingerprint density at radius 1 is 0.851 bits per heavy atom. The van der Waals surface area contributed by atoms with Crippen molar-refractivity contribution in [3.05, 3.63) is 48.2 Å². The predicted octanol–water partition coefficient (Wildman–Crippen LogP) is -0.311. The van der Waals surface area contributed by atoms with Crippen molar-refractivity contribution in [1.29, 1.82) is 0 Å². The van der Waals surface area contributed by atoms with E-state index in [1.54, 1.807) is 49.6 Å². The fraction of sp³-hybridized carbons (Fsp3) is 0.500. The highest BCUT2D eigenvalue weighted by atomic mass is 16.3. The average molecular weight is 656 g/mol. The van der Waals surface area contributed by atoms with Crippen LogP contribution in [0.4, 0.5) is 11.5 Å². The number of rotatable bonds is 18. The van der Waals surface area contributed by atoms with Gasteiger partial charge in [0.05, 0.1) is 18.2 Å². The number of hydrogen-bond acceptors (Lipinski definition) is 9. The molecule has 256 valence electrons. The first-order valence-corrected chi connectivity index (χ1v) is 15.3. The minimum Gasteiger partial charge on any atom is -0.396 e. The van der Waals surface area contributed by atoms with Crippen molar-refractivity contribution in [2.45, 2.75) is 26.2 Å². The SMILES string of the molecule is CC(CO)C(=O)NCCCN(C)CCCNC(=O)c1nc(NC(=O)CCNC(=O)c2cc(NC(=O)c3nccn3C)cn2C)cn1C. The Labute approximate surface area is 273 Å². The van der Waals surface area contributed by atoms with Crippen molar-refractivity contribution in [2.24, 2.45) is 27.1 Å². The summed E-state index contributed by atoms with van der Waals surface area (Å²) in [4.78, 5) is 72.3. The van der Waals surface area contributed by atoms with Crippen LogP contribution >= 0.6 is 0 Å². The molecule has 0 saturated heterocycles. The Hall–Kier alpha value is -5.03. The molecule has 0 aromatic carbocycles. The number of aliphatic hydroxyl groups is 1. The van der Waals surface area contributed by atoms with Crippen molar-refractivity contribution in [2.75, 3.05) is 57.0 Å². The van der Waals surface area contributed by atoms with Crippen LogP contribution in [0, 0.1) is 5.92 Å². The zero-order chi connectivity index (χ0) is 34.5. The second-order valence-corrected chi connectivity index (χ2v) is 11.3. The van der Waals surface area contributed by atoms with Crippen LogP contribution in [0.1, 0.15) is 57.9 Å². The van der Waals surface area contributed by atoms with Gasteiger partial charge in [-0.05, 0) is 39.0 Å². The minimum absolute atomic E-state index is 0.0291. The first-order valence-electron chi connectivity index (χ1n) is 15.3. The van der Waals surface area contributed by atoms with Gasteiger partial charge in [-0.3, -0.25) is 24.0 Å². The molecule has 3 rings (SSSR count). The van der Waals surface area contributed by atoms with Crippen LogP contribution in [0.15, 0.2) is 30.9 Å². The Kier molecular flexibility index (Phi) is 13.7. The summed E-state index contributed by atoms with van der Waals surface area (Å²) < 4.78 is 4.66. The number of carbonyl (C=O) groups is 5. The van der Waals surface area contributed by atoms with Crippen LogP contribution in [-0.4, -0.2) is 110 Å². The summed E-state index contributed by atoms with van der Waals surface area (Å²) in [6.07, 6.45) is 7.75. The van der Waals surface area contributed by atoms with Crippen LogP contribution in [0.3, 0.4) is 0 Å². The van der Waals surface area contributed by atoms with Gasteiger partial charge >= 0.3 is 0 Å². The van der Waals surface area contributed by atoms with Crippen molar-refractivity contribution < 1.29 is 29.1 Å². The van der Waals surface area contributed by atoms with E-state index in [1.807, 2.05) is 7.05 Å². The van der Waals surface area contributed by atoms with Crippen LogP contribution in [-0.2, 0) is 30.7 Å². The molecule has 3 aromatic heterocycles. The summed E-state index contributed by atoms with van der Waals surface area (Å²) in [5.74, 6) is -1.59. The van der Waals surface area contributed by atoms with E-state index in [1.165, 1.54) is 23.0 Å². The molecule has 0 aliphatic carbocycles. The van der Waals surface area contributed by atoms with E-state index < -0.39 is 23.6 Å². The normalized spacial score (nSPS) is 11.6. The lowest BCUT2D eigenvalue weighted by Gasteiger charge is -2.17. The van der Waals surface area contributed by atoms with Gasteiger partial charge in [-0.2, -0.15) is 0 Å². The van der Waals surface area contributed by atoms with E-state index in [2.05, 4.69) is 41.5 Å². The van der Waals surface area contributed by atoms with Crippen molar-refractivity contribution in [3.8, 4) is 0 Å².